The van der Waals surface area contributed by atoms with Crippen LogP contribution in [-0.4, -0.2) is 7.05 Å². The molecule has 0 heterocycles. The van der Waals surface area contributed by atoms with E-state index in [4.69, 9.17) is 0 Å². The van der Waals surface area contributed by atoms with E-state index in [1.54, 1.807) is 12.1 Å². The molecule has 2 aromatic rings. The van der Waals surface area contributed by atoms with Gasteiger partial charge < -0.3 is 5.32 Å². The third-order valence-corrected chi connectivity index (χ3v) is 3.55. The second-order valence-corrected chi connectivity index (χ2v) is 5.18. The summed E-state index contributed by atoms with van der Waals surface area (Å²) >= 11 is 3.38. The summed E-state index contributed by atoms with van der Waals surface area (Å²) in [6.45, 7) is 2.08. The maximum absolute atomic E-state index is 13.8. The average molecular weight is 308 g/mol. The zero-order valence-corrected chi connectivity index (χ0v) is 12.0. The van der Waals surface area contributed by atoms with Crippen LogP contribution in [0.2, 0.25) is 0 Å². The molecule has 0 spiro atoms. The van der Waals surface area contributed by atoms with Crippen LogP contribution in [0.25, 0.3) is 11.1 Å². The summed E-state index contributed by atoms with van der Waals surface area (Å²) < 4.78 is 14.7. The Bertz CT molecular complexity index is 554. The van der Waals surface area contributed by atoms with Gasteiger partial charge in [0.15, 0.2) is 0 Å². The molecule has 0 aliphatic carbocycles. The minimum atomic E-state index is -0.201. The average Bonchev–Trinajstić information content (AvgIpc) is 2.40. The first-order valence-corrected chi connectivity index (χ1v) is 6.64. The molecule has 1 N–H and O–H groups in total. The molecule has 0 radical (unpaired) electrons. The molecule has 94 valence electrons. The first kappa shape index (κ1) is 13.2. The summed E-state index contributed by atoms with van der Waals surface area (Å²) in [5, 5.41) is 3.18. The van der Waals surface area contributed by atoms with Crippen molar-refractivity contribution in [3.63, 3.8) is 0 Å². The van der Waals surface area contributed by atoms with E-state index in [-0.39, 0.29) is 11.9 Å². The van der Waals surface area contributed by atoms with E-state index in [2.05, 4.69) is 28.2 Å². The van der Waals surface area contributed by atoms with Gasteiger partial charge in [0.1, 0.15) is 5.82 Å². The van der Waals surface area contributed by atoms with E-state index < -0.39 is 0 Å². The molecule has 0 aliphatic rings. The van der Waals surface area contributed by atoms with Crippen LogP contribution in [0.4, 0.5) is 4.39 Å². The molecule has 1 unspecified atom stereocenters. The fraction of sp³-hybridized carbons (Fsp3) is 0.200. The van der Waals surface area contributed by atoms with Crippen molar-refractivity contribution < 1.29 is 4.39 Å². The SMILES string of the molecule is CNC(C)c1cccc(-c2cc(Br)ccc2F)c1. The van der Waals surface area contributed by atoms with Gasteiger partial charge in [-0.2, -0.15) is 0 Å². The molecule has 0 fully saturated rings. The number of halogens is 2. The van der Waals surface area contributed by atoms with Crippen molar-refractivity contribution in [2.24, 2.45) is 0 Å². The van der Waals surface area contributed by atoms with Crippen molar-refractivity contribution >= 4 is 15.9 Å². The highest BCUT2D eigenvalue weighted by molar-refractivity contribution is 9.10. The summed E-state index contributed by atoms with van der Waals surface area (Å²) in [6, 6.07) is 13.2. The molecule has 0 aromatic heterocycles. The standard InChI is InChI=1S/C15H15BrFN/c1-10(18-2)11-4-3-5-12(8-11)14-9-13(16)6-7-15(14)17/h3-10,18H,1-2H3. The van der Waals surface area contributed by atoms with E-state index in [1.807, 2.05) is 31.3 Å². The lowest BCUT2D eigenvalue weighted by Crippen LogP contribution is -2.12. The van der Waals surface area contributed by atoms with E-state index in [0.29, 0.717) is 5.56 Å². The van der Waals surface area contributed by atoms with Crippen molar-refractivity contribution in [3.05, 3.63) is 58.3 Å². The number of hydrogen-bond donors (Lipinski definition) is 1. The normalized spacial score (nSPS) is 12.4. The zero-order valence-electron chi connectivity index (χ0n) is 10.4. The van der Waals surface area contributed by atoms with Gasteiger partial charge in [0.05, 0.1) is 0 Å². The van der Waals surface area contributed by atoms with E-state index in [0.717, 1.165) is 15.6 Å². The van der Waals surface area contributed by atoms with Crippen LogP contribution >= 0.6 is 15.9 Å². The summed E-state index contributed by atoms with van der Waals surface area (Å²) in [6.07, 6.45) is 0. The van der Waals surface area contributed by atoms with E-state index >= 15 is 0 Å². The van der Waals surface area contributed by atoms with Gasteiger partial charge >= 0.3 is 0 Å². The molecule has 0 bridgehead atoms. The number of benzene rings is 2. The molecular weight excluding hydrogens is 293 g/mol. The van der Waals surface area contributed by atoms with Crippen LogP contribution in [0.5, 0.6) is 0 Å². The summed E-state index contributed by atoms with van der Waals surface area (Å²) in [5.41, 5.74) is 2.66. The van der Waals surface area contributed by atoms with Crippen molar-refractivity contribution in [3.8, 4) is 11.1 Å². The Morgan fingerprint density at radius 1 is 1.17 bits per heavy atom. The van der Waals surface area contributed by atoms with Gasteiger partial charge in [-0.25, -0.2) is 4.39 Å². The highest BCUT2D eigenvalue weighted by atomic mass is 79.9. The molecule has 0 saturated heterocycles. The van der Waals surface area contributed by atoms with Gasteiger partial charge in [-0.15, -0.1) is 0 Å². The molecule has 0 aliphatic heterocycles. The summed E-state index contributed by atoms with van der Waals surface area (Å²) in [4.78, 5) is 0. The second-order valence-electron chi connectivity index (χ2n) is 4.26. The highest BCUT2D eigenvalue weighted by Crippen LogP contribution is 2.28. The quantitative estimate of drug-likeness (QED) is 0.878. The molecule has 2 rings (SSSR count). The predicted molar refractivity (Wildman–Crippen MR) is 77.0 cm³/mol. The number of rotatable bonds is 3. The molecular formula is C15H15BrFN. The third kappa shape index (κ3) is 2.79. The first-order valence-electron chi connectivity index (χ1n) is 5.84. The lowest BCUT2D eigenvalue weighted by Gasteiger charge is -2.12. The minimum Gasteiger partial charge on any atom is -0.313 e. The first-order chi connectivity index (χ1) is 8.61. The van der Waals surface area contributed by atoms with Crippen LogP contribution in [0, 0.1) is 5.82 Å². The van der Waals surface area contributed by atoms with E-state index in [9.17, 15) is 4.39 Å². The fourth-order valence-electron chi connectivity index (χ4n) is 1.86. The summed E-state index contributed by atoms with van der Waals surface area (Å²) in [7, 11) is 1.91. The Morgan fingerprint density at radius 2 is 1.94 bits per heavy atom. The predicted octanol–water partition coefficient (Wildman–Crippen LogP) is 4.54. The Hall–Kier alpha value is -1.19. The zero-order chi connectivity index (χ0) is 13.1. The molecule has 3 heteroatoms. The van der Waals surface area contributed by atoms with Crippen LogP contribution in [0.3, 0.4) is 0 Å². The van der Waals surface area contributed by atoms with Crippen LogP contribution in [-0.2, 0) is 0 Å². The minimum absolute atomic E-state index is 0.201. The fourth-order valence-corrected chi connectivity index (χ4v) is 2.22. The van der Waals surface area contributed by atoms with Crippen LogP contribution < -0.4 is 5.32 Å². The number of hydrogen-bond acceptors (Lipinski definition) is 1. The number of nitrogens with one attached hydrogen (secondary N) is 1. The molecule has 1 atom stereocenters. The lowest BCUT2D eigenvalue weighted by molar-refractivity contribution is 0.630. The largest absolute Gasteiger partial charge is 0.313 e. The molecule has 0 saturated carbocycles. The molecule has 2 aromatic carbocycles. The van der Waals surface area contributed by atoms with Crippen LogP contribution in [0.15, 0.2) is 46.9 Å². The van der Waals surface area contributed by atoms with Crippen molar-refractivity contribution in [2.75, 3.05) is 7.05 Å². The van der Waals surface area contributed by atoms with Gasteiger partial charge in [-0.05, 0) is 49.4 Å². The maximum Gasteiger partial charge on any atom is 0.131 e. The van der Waals surface area contributed by atoms with Gasteiger partial charge in [0.2, 0.25) is 0 Å². The Labute approximate surface area is 115 Å². The monoisotopic (exact) mass is 307 g/mol. The highest BCUT2D eigenvalue weighted by Gasteiger charge is 2.08. The third-order valence-electron chi connectivity index (χ3n) is 3.06. The van der Waals surface area contributed by atoms with Gasteiger partial charge in [-0.3, -0.25) is 0 Å². The van der Waals surface area contributed by atoms with Crippen molar-refractivity contribution in [2.45, 2.75) is 13.0 Å². The topological polar surface area (TPSA) is 12.0 Å². The Morgan fingerprint density at radius 3 is 2.67 bits per heavy atom. The van der Waals surface area contributed by atoms with Gasteiger partial charge in [0.25, 0.3) is 0 Å². The maximum atomic E-state index is 13.8. The lowest BCUT2D eigenvalue weighted by atomic mass is 10.00. The van der Waals surface area contributed by atoms with Crippen molar-refractivity contribution in [1.82, 2.24) is 5.32 Å². The Kier molecular flexibility index (Phi) is 4.15. The van der Waals surface area contributed by atoms with Crippen molar-refractivity contribution in [1.29, 1.82) is 0 Å². The van der Waals surface area contributed by atoms with Gasteiger partial charge in [-0.1, -0.05) is 34.1 Å². The smallest absolute Gasteiger partial charge is 0.131 e. The van der Waals surface area contributed by atoms with Crippen LogP contribution in [0.1, 0.15) is 18.5 Å². The molecule has 0 amide bonds. The van der Waals surface area contributed by atoms with E-state index in [1.165, 1.54) is 6.07 Å². The summed E-state index contributed by atoms with van der Waals surface area (Å²) in [5.74, 6) is -0.201. The van der Waals surface area contributed by atoms with Gasteiger partial charge in [0, 0.05) is 16.1 Å². The second kappa shape index (κ2) is 5.63. The molecule has 18 heavy (non-hydrogen) atoms. The molecule has 1 nitrogen and oxygen atoms in total. The Balaban J connectivity index is 2.47.